The fourth-order valence-electron chi connectivity index (χ4n) is 2.13. The molecule has 0 aliphatic carbocycles. The van der Waals surface area contributed by atoms with Crippen molar-refractivity contribution in [3.63, 3.8) is 0 Å². The number of nitrogens with zero attached hydrogens (tertiary/aromatic N) is 2. The van der Waals surface area contributed by atoms with Crippen LogP contribution >= 0.6 is 11.8 Å². The number of aromatic amines is 1. The van der Waals surface area contributed by atoms with Crippen LogP contribution in [0.4, 0.5) is 11.4 Å². The molecule has 1 heterocycles. The lowest BCUT2D eigenvalue weighted by atomic mass is 10.1. The highest BCUT2D eigenvalue weighted by Gasteiger charge is 2.12. The van der Waals surface area contributed by atoms with Gasteiger partial charge in [-0.25, -0.2) is 4.98 Å². The van der Waals surface area contributed by atoms with E-state index in [0.29, 0.717) is 22.1 Å². The second-order valence-electron chi connectivity index (χ2n) is 4.99. The third-order valence-electron chi connectivity index (χ3n) is 3.34. The molecular formula is C15H16N4O4S. The molecule has 0 bridgehead atoms. The Kier molecular flexibility index (Phi) is 5.69. The molecule has 0 saturated heterocycles. The number of thioether (sulfide) groups is 1. The number of anilines is 1. The first-order valence-corrected chi connectivity index (χ1v) is 8.31. The third-order valence-corrected chi connectivity index (χ3v) is 3.92. The molecule has 1 aromatic heterocycles. The molecule has 8 nitrogen and oxygen atoms in total. The van der Waals surface area contributed by atoms with E-state index in [2.05, 4.69) is 15.3 Å². The fraction of sp³-hybridized carbons (Fsp3) is 0.267. The molecule has 0 spiro atoms. The zero-order valence-electron chi connectivity index (χ0n) is 13.2. The van der Waals surface area contributed by atoms with Crippen LogP contribution in [0.1, 0.15) is 17.7 Å². The first-order valence-electron chi connectivity index (χ1n) is 7.09. The molecule has 1 amide bonds. The summed E-state index contributed by atoms with van der Waals surface area (Å²) in [5.74, 6) is -0.330. The molecule has 0 unspecified atom stereocenters. The normalized spacial score (nSPS) is 10.4. The van der Waals surface area contributed by atoms with Crippen molar-refractivity contribution in [2.24, 2.45) is 0 Å². The summed E-state index contributed by atoms with van der Waals surface area (Å²) in [6.07, 6.45) is 2.13. The summed E-state index contributed by atoms with van der Waals surface area (Å²) in [6, 6.07) is 5.69. The van der Waals surface area contributed by atoms with E-state index < -0.39 is 4.92 Å². The summed E-state index contributed by atoms with van der Waals surface area (Å²) in [5.41, 5.74) is 1.04. The van der Waals surface area contributed by atoms with Crippen LogP contribution < -0.4 is 10.9 Å². The molecule has 2 N–H and O–H groups in total. The minimum atomic E-state index is -0.530. The molecule has 126 valence electrons. The van der Waals surface area contributed by atoms with E-state index in [-0.39, 0.29) is 30.0 Å². The second kappa shape index (κ2) is 7.73. The summed E-state index contributed by atoms with van der Waals surface area (Å²) < 4.78 is 0. The largest absolute Gasteiger partial charge is 0.326 e. The number of carbonyl (C=O) groups excluding carboxylic acids is 1. The molecule has 0 saturated carbocycles. The van der Waals surface area contributed by atoms with Gasteiger partial charge in [0.05, 0.1) is 4.92 Å². The Bertz CT molecular complexity index is 834. The van der Waals surface area contributed by atoms with Gasteiger partial charge in [0.25, 0.3) is 11.2 Å². The maximum Gasteiger partial charge on any atom is 0.271 e. The molecule has 9 heteroatoms. The SMILES string of the molecule is CSc1nc(C)c(CCC(=O)Nc2cccc([N+](=O)[O-])c2)c(=O)[nH]1. The van der Waals surface area contributed by atoms with Gasteiger partial charge in [-0.2, -0.15) is 0 Å². The standard InChI is InChI=1S/C15H16N4O4S/c1-9-12(14(21)18-15(16-9)24-2)6-7-13(20)17-10-4-3-5-11(8-10)19(22)23/h3-5,8H,6-7H2,1-2H3,(H,17,20)(H,16,18,21). The molecule has 0 atom stereocenters. The molecule has 24 heavy (non-hydrogen) atoms. The quantitative estimate of drug-likeness (QED) is 0.358. The minimum absolute atomic E-state index is 0.0763. The van der Waals surface area contributed by atoms with E-state index in [1.807, 2.05) is 6.26 Å². The van der Waals surface area contributed by atoms with Gasteiger partial charge < -0.3 is 10.3 Å². The lowest BCUT2D eigenvalue weighted by Gasteiger charge is -2.07. The molecule has 0 aliphatic rings. The van der Waals surface area contributed by atoms with Gasteiger partial charge in [0.2, 0.25) is 5.91 Å². The van der Waals surface area contributed by atoms with Gasteiger partial charge >= 0.3 is 0 Å². The highest BCUT2D eigenvalue weighted by atomic mass is 32.2. The second-order valence-corrected chi connectivity index (χ2v) is 5.79. The summed E-state index contributed by atoms with van der Waals surface area (Å²) in [4.78, 5) is 41.1. The molecule has 0 radical (unpaired) electrons. The van der Waals surface area contributed by atoms with Crippen LogP contribution in [-0.4, -0.2) is 27.1 Å². The number of aryl methyl sites for hydroxylation is 1. The van der Waals surface area contributed by atoms with Crippen LogP contribution in [0.3, 0.4) is 0 Å². The van der Waals surface area contributed by atoms with Crippen LogP contribution in [0, 0.1) is 17.0 Å². The van der Waals surface area contributed by atoms with Crippen molar-refractivity contribution in [2.45, 2.75) is 24.9 Å². The van der Waals surface area contributed by atoms with E-state index in [9.17, 15) is 19.7 Å². The molecule has 1 aromatic carbocycles. The zero-order valence-corrected chi connectivity index (χ0v) is 14.0. The van der Waals surface area contributed by atoms with Gasteiger partial charge in [-0.3, -0.25) is 19.7 Å². The predicted octanol–water partition coefficient (Wildman–Crippen LogP) is 2.28. The van der Waals surface area contributed by atoms with Crippen molar-refractivity contribution in [1.82, 2.24) is 9.97 Å². The molecular weight excluding hydrogens is 332 g/mol. The number of non-ortho nitro benzene ring substituents is 1. The number of amides is 1. The number of rotatable bonds is 6. The van der Waals surface area contributed by atoms with Crippen LogP contribution in [0.25, 0.3) is 0 Å². The van der Waals surface area contributed by atoms with Crippen molar-refractivity contribution >= 4 is 29.0 Å². The number of nitrogens with one attached hydrogen (secondary N) is 2. The first kappa shape index (κ1) is 17.7. The number of hydrogen-bond donors (Lipinski definition) is 2. The zero-order chi connectivity index (χ0) is 17.7. The topological polar surface area (TPSA) is 118 Å². The average molecular weight is 348 g/mol. The van der Waals surface area contributed by atoms with Gasteiger partial charge in [0.15, 0.2) is 5.16 Å². The number of nitro benzene ring substituents is 1. The predicted molar refractivity (Wildman–Crippen MR) is 91.4 cm³/mol. The number of nitro groups is 1. The van der Waals surface area contributed by atoms with Gasteiger partial charge in [-0.1, -0.05) is 17.8 Å². The maximum atomic E-state index is 12.0. The lowest BCUT2D eigenvalue weighted by Crippen LogP contribution is -2.20. The van der Waals surface area contributed by atoms with Crippen molar-refractivity contribution < 1.29 is 9.72 Å². The molecule has 2 aromatic rings. The van der Waals surface area contributed by atoms with Crippen molar-refractivity contribution in [2.75, 3.05) is 11.6 Å². The minimum Gasteiger partial charge on any atom is -0.326 e. The molecule has 0 aliphatic heterocycles. The van der Waals surface area contributed by atoms with Crippen molar-refractivity contribution in [3.8, 4) is 0 Å². The number of H-pyrrole nitrogens is 1. The monoisotopic (exact) mass is 348 g/mol. The summed E-state index contributed by atoms with van der Waals surface area (Å²) >= 11 is 1.33. The van der Waals surface area contributed by atoms with Crippen LogP contribution in [-0.2, 0) is 11.2 Å². The summed E-state index contributed by atoms with van der Waals surface area (Å²) in [5, 5.41) is 13.8. The van der Waals surface area contributed by atoms with E-state index in [1.54, 1.807) is 13.0 Å². The van der Waals surface area contributed by atoms with Gasteiger partial charge in [-0.15, -0.1) is 0 Å². The fourth-order valence-corrected chi connectivity index (χ4v) is 2.56. The van der Waals surface area contributed by atoms with Crippen molar-refractivity contribution in [3.05, 3.63) is 56.0 Å². The first-order chi connectivity index (χ1) is 11.4. The van der Waals surface area contributed by atoms with E-state index >= 15 is 0 Å². The Hall–Kier alpha value is -2.68. The number of hydrogen-bond acceptors (Lipinski definition) is 6. The Morgan fingerprint density at radius 2 is 2.21 bits per heavy atom. The maximum absolute atomic E-state index is 12.0. The van der Waals surface area contributed by atoms with E-state index in [1.165, 1.54) is 30.0 Å². The highest BCUT2D eigenvalue weighted by molar-refractivity contribution is 7.98. The number of aromatic nitrogens is 2. The Balaban J connectivity index is 2.03. The summed E-state index contributed by atoms with van der Waals surface area (Å²) in [7, 11) is 0. The van der Waals surface area contributed by atoms with Crippen LogP contribution in [0.5, 0.6) is 0 Å². The van der Waals surface area contributed by atoms with Gasteiger partial charge in [-0.05, 0) is 25.7 Å². The van der Waals surface area contributed by atoms with Gasteiger partial charge in [0.1, 0.15) is 0 Å². The molecule has 0 fully saturated rings. The highest BCUT2D eigenvalue weighted by Crippen LogP contribution is 2.17. The van der Waals surface area contributed by atoms with E-state index in [0.717, 1.165) is 0 Å². The van der Waals surface area contributed by atoms with Gasteiger partial charge in [0, 0.05) is 35.5 Å². The van der Waals surface area contributed by atoms with Crippen molar-refractivity contribution in [1.29, 1.82) is 0 Å². The Labute approximate surface area is 141 Å². The van der Waals surface area contributed by atoms with Crippen LogP contribution in [0.2, 0.25) is 0 Å². The lowest BCUT2D eigenvalue weighted by molar-refractivity contribution is -0.384. The summed E-state index contributed by atoms with van der Waals surface area (Å²) in [6.45, 7) is 1.72. The molecule has 2 rings (SSSR count). The third kappa shape index (κ3) is 4.42. The number of carbonyl (C=O) groups is 1. The Morgan fingerprint density at radius 1 is 1.46 bits per heavy atom. The smallest absolute Gasteiger partial charge is 0.271 e. The number of benzene rings is 1. The average Bonchev–Trinajstić information content (AvgIpc) is 2.54. The Morgan fingerprint density at radius 3 is 2.83 bits per heavy atom. The van der Waals surface area contributed by atoms with Crippen LogP contribution in [0.15, 0.2) is 34.2 Å². The van der Waals surface area contributed by atoms with E-state index in [4.69, 9.17) is 0 Å².